The molecule has 0 aliphatic carbocycles. The van der Waals surface area contributed by atoms with Gasteiger partial charge in [0, 0.05) is 12.5 Å². The maximum absolute atomic E-state index is 11.7. The van der Waals surface area contributed by atoms with Gasteiger partial charge in [-0.1, -0.05) is 0 Å². The highest BCUT2D eigenvalue weighted by molar-refractivity contribution is 5.93. The number of hydrogen-bond donors (Lipinski definition) is 0. The van der Waals surface area contributed by atoms with E-state index >= 15 is 0 Å². The lowest BCUT2D eigenvalue weighted by Crippen LogP contribution is -2.01. The highest BCUT2D eigenvalue weighted by Crippen LogP contribution is 2.30. The van der Waals surface area contributed by atoms with Crippen LogP contribution >= 0.6 is 0 Å². The van der Waals surface area contributed by atoms with E-state index in [1.807, 2.05) is 0 Å². The predicted molar refractivity (Wildman–Crippen MR) is 88.5 cm³/mol. The first-order valence-corrected chi connectivity index (χ1v) is 7.52. The van der Waals surface area contributed by atoms with E-state index in [1.165, 1.54) is 13.1 Å². The van der Waals surface area contributed by atoms with Crippen LogP contribution < -0.4 is 0 Å². The number of rotatable bonds is 4. The monoisotopic (exact) mass is 332 g/mol. The van der Waals surface area contributed by atoms with Crippen molar-refractivity contribution in [1.29, 1.82) is 0 Å². The van der Waals surface area contributed by atoms with Crippen LogP contribution in [0.1, 0.15) is 17.4 Å². The number of furan rings is 2. The predicted octanol–water partition coefficient (Wildman–Crippen LogP) is 3.66. The Bertz CT molecular complexity index is 1020. The minimum absolute atomic E-state index is 0.128. The second-order valence-corrected chi connectivity index (χ2v) is 5.27. The molecule has 7 heteroatoms. The summed E-state index contributed by atoms with van der Waals surface area (Å²) in [6, 6.07) is 10.5. The van der Waals surface area contributed by atoms with Crippen molar-refractivity contribution in [3.63, 3.8) is 0 Å². The molecule has 0 aromatic carbocycles. The fourth-order valence-electron chi connectivity index (χ4n) is 2.41. The second-order valence-electron chi connectivity index (χ2n) is 5.27. The van der Waals surface area contributed by atoms with E-state index in [4.69, 9.17) is 8.83 Å². The summed E-state index contributed by atoms with van der Waals surface area (Å²) in [4.78, 5) is 20.6. The Hall–Kier alpha value is -3.61. The zero-order chi connectivity index (χ0) is 17.2. The Labute approximate surface area is 142 Å². The average Bonchev–Trinajstić information content (AvgIpc) is 3.35. The van der Waals surface area contributed by atoms with Crippen LogP contribution in [0.2, 0.25) is 0 Å². The van der Waals surface area contributed by atoms with Gasteiger partial charge in [-0.3, -0.25) is 4.79 Å². The third-order valence-corrected chi connectivity index (χ3v) is 3.59. The third-order valence-electron chi connectivity index (χ3n) is 3.59. The van der Waals surface area contributed by atoms with E-state index in [9.17, 15) is 4.79 Å². The molecule has 0 unspecified atom stereocenters. The fraction of sp³-hybridized carbons (Fsp3) is 0.0556. The molecule has 0 spiro atoms. The molecule has 0 aliphatic heterocycles. The molecule has 0 saturated carbocycles. The van der Waals surface area contributed by atoms with E-state index in [2.05, 4.69) is 20.2 Å². The average molecular weight is 332 g/mol. The zero-order valence-corrected chi connectivity index (χ0v) is 13.2. The summed E-state index contributed by atoms with van der Waals surface area (Å²) in [7, 11) is 0. The van der Waals surface area contributed by atoms with Crippen LogP contribution in [0.5, 0.6) is 0 Å². The van der Waals surface area contributed by atoms with Gasteiger partial charge in [-0.05, 0) is 36.4 Å². The van der Waals surface area contributed by atoms with Gasteiger partial charge in [-0.25, -0.2) is 9.97 Å². The van der Waals surface area contributed by atoms with Crippen LogP contribution in [-0.4, -0.2) is 25.9 Å². The maximum Gasteiger partial charge on any atom is 0.218 e. The second kappa shape index (κ2) is 6.12. The number of aromatic nitrogens is 4. The molecule has 4 heterocycles. The number of Topliss-reactive ketones (excluding diaryl/α,β-unsaturated/α-hetero) is 1. The summed E-state index contributed by atoms with van der Waals surface area (Å²) in [6.45, 7) is 1.47. The fourth-order valence-corrected chi connectivity index (χ4v) is 2.41. The van der Waals surface area contributed by atoms with Crippen molar-refractivity contribution in [3.05, 3.63) is 60.8 Å². The summed E-state index contributed by atoms with van der Waals surface area (Å²) in [5.74, 6) is 1.29. The van der Waals surface area contributed by atoms with Crippen molar-refractivity contribution in [3.8, 4) is 34.3 Å². The largest absolute Gasteiger partial charge is 0.463 e. The number of carbonyl (C=O) groups excluding carboxylic acids is 1. The first-order valence-electron chi connectivity index (χ1n) is 7.52. The third kappa shape index (κ3) is 2.83. The standard InChI is InChI=1S/C18H12N4O3/c1-11(23)13-7-6-12(17(20-13)15-4-2-8-24-15)14-10-19-22-18(21-14)16-5-3-9-25-16/h2-10H,1H3. The molecule has 122 valence electrons. The Balaban J connectivity index is 1.88. The molecule has 0 atom stereocenters. The number of nitrogens with zero attached hydrogens (tertiary/aromatic N) is 4. The molecular weight excluding hydrogens is 320 g/mol. The summed E-state index contributed by atoms with van der Waals surface area (Å²) in [5, 5.41) is 7.99. The molecule has 0 bridgehead atoms. The van der Waals surface area contributed by atoms with E-state index in [0.29, 0.717) is 40.0 Å². The summed E-state index contributed by atoms with van der Waals surface area (Å²) in [5.41, 5.74) is 2.10. The van der Waals surface area contributed by atoms with E-state index in [0.717, 1.165) is 0 Å². The quantitative estimate of drug-likeness (QED) is 0.526. The lowest BCUT2D eigenvalue weighted by Gasteiger charge is -2.08. The smallest absolute Gasteiger partial charge is 0.218 e. The highest BCUT2D eigenvalue weighted by Gasteiger charge is 2.17. The Kier molecular flexibility index (Phi) is 3.66. The zero-order valence-electron chi connectivity index (χ0n) is 13.2. The Morgan fingerprint density at radius 3 is 2.40 bits per heavy atom. The number of ketones is 1. The van der Waals surface area contributed by atoms with Crippen molar-refractivity contribution < 1.29 is 13.6 Å². The summed E-state index contributed by atoms with van der Waals surface area (Å²) in [6.07, 6.45) is 4.62. The van der Waals surface area contributed by atoms with Gasteiger partial charge in [-0.15, -0.1) is 5.10 Å². The summed E-state index contributed by atoms with van der Waals surface area (Å²) >= 11 is 0. The van der Waals surface area contributed by atoms with Gasteiger partial charge < -0.3 is 8.83 Å². The number of hydrogen-bond acceptors (Lipinski definition) is 7. The molecule has 25 heavy (non-hydrogen) atoms. The molecule has 4 rings (SSSR count). The van der Waals surface area contributed by atoms with Crippen LogP contribution in [0.3, 0.4) is 0 Å². The van der Waals surface area contributed by atoms with Gasteiger partial charge >= 0.3 is 0 Å². The van der Waals surface area contributed by atoms with Crippen LogP contribution in [0, 0.1) is 0 Å². The maximum atomic E-state index is 11.7. The molecule has 0 amide bonds. The minimum Gasteiger partial charge on any atom is -0.463 e. The van der Waals surface area contributed by atoms with Crippen molar-refractivity contribution >= 4 is 5.78 Å². The molecule has 4 aromatic rings. The molecule has 7 nitrogen and oxygen atoms in total. The van der Waals surface area contributed by atoms with Gasteiger partial charge in [-0.2, -0.15) is 5.10 Å². The topological polar surface area (TPSA) is 94.9 Å². The molecule has 0 saturated heterocycles. The Morgan fingerprint density at radius 1 is 0.960 bits per heavy atom. The molecular formula is C18H12N4O3. The molecule has 0 radical (unpaired) electrons. The van der Waals surface area contributed by atoms with Crippen molar-refractivity contribution in [2.75, 3.05) is 0 Å². The van der Waals surface area contributed by atoms with Gasteiger partial charge in [0.05, 0.1) is 24.4 Å². The normalized spacial score (nSPS) is 10.8. The minimum atomic E-state index is -0.128. The molecule has 4 aromatic heterocycles. The van der Waals surface area contributed by atoms with Gasteiger partial charge in [0.1, 0.15) is 11.4 Å². The van der Waals surface area contributed by atoms with Crippen LogP contribution in [0.4, 0.5) is 0 Å². The Morgan fingerprint density at radius 2 is 1.72 bits per heavy atom. The van der Waals surface area contributed by atoms with Crippen molar-refractivity contribution in [2.24, 2.45) is 0 Å². The number of pyridine rings is 1. The van der Waals surface area contributed by atoms with Crippen LogP contribution in [0.25, 0.3) is 34.3 Å². The lowest BCUT2D eigenvalue weighted by molar-refractivity contribution is 0.101. The molecule has 0 fully saturated rings. The van der Waals surface area contributed by atoms with Gasteiger partial charge in [0.25, 0.3) is 0 Å². The lowest BCUT2D eigenvalue weighted by atomic mass is 10.1. The summed E-state index contributed by atoms with van der Waals surface area (Å²) < 4.78 is 10.8. The highest BCUT2D eigenvalue weighted by atomic mass is 16.3. The number of carbonyl (C=O) groups is 1. The van der Waals surface area contributed by atoms with Crippen molar-refractivity contribution in [1.82, 2.24) is 20.2 Å². The van der Waals surface area contributed by atoms with Gasteiger partial charge in [0.15, 0.2) is 17.3 Å². The van der Waals surface area contributed by atoms with Crippen molar-refractivity contribution in [2.45, 2.75) is 6.92 Å². The molecule has 0 aliphatic rings. The molecule has 0 N–H and O–H groups in total. The first kappa shape index (κ1) is 14.9. The van der Waals surface area contributed by atoms with E-state index in [1.54, 1.807) is 48.9 Å². The van der Waals surface area contributed by atoms with Gasteiger partial charge in [0.2, 0.25) is 5.82 Å². The van der Waals surface area contributed by atoms with E-state index in [-0.39, 0.29) is 5.78 Å². The first-order chi connectivity index (χ1) is 12.2. The van der Waals surface area contributed by atoms with Crippen LogP contribution in [-0.2, 0) is 0 Å². The SMILES string of the molecule is CC(=O)c1ccc(-c2cnnc(-c3ccco3)n2)c(-c2ccco2)n1. The van der Waals surface area contributed by atoms with E-state index < -0.39 is 0 Å². The van der Waals surface area contributed by atoms with Crippen LogP contribution in [0.15, 0.2) is 64.0 Å².